The number of benzene rings is 9. The Hall–Kier alpha value is -8.92. The van der Waals surface area contributed by atoms with Gasteiger partial charge < -0.3 is 9.13 Å². The van der Waals surface area contributed by atoms with Gasteiger partial charge in [-0.3, -0.25) is 0 Å². The fourth-order valence-corrected chi connectivity index (χ4v) is 9.38. The Bertz CT molecular complexity index is 3700. The van der Waals surface area contributed by atoms with Crippen LogP contribution < -0.4 is 0 Å². The molecule has 0 radical (unpaired) electrons. The minimum Gasteiger partial charge on any atom is -0.309 e. The molecule has 0 N–H and O–H groups in total. The Morgan fingerprint density at radius 2 is 0.859 bits per heavy atom. The van der Waals surface area contributed by atoms with Gasteiger partial charge in [-0.25, -0.2) is 15.0 Å². The molecule has 6 nitrogen and oxygen atoms in total. The van der Waals surface area contributed by atoms with Crippen molar-refractivity contribution in [1.29, 1.82) is 5.26 Å². The first-order valence-electron chi connectivity index (χ1n) is 21.3. The van der Waals surface area contributed by atoms with Gasteiger partial charge in [-0.15, -0.1) is 0 Å². The summed E-state index contributed by atoms with van der Waals surface area (Å²) < 4.78 is 4.79. The van der Waals surface area contributed by atoms with Crippen molar-refractivity contribution in [2.24, 2.45) is 0 Å². The predicted molar refractivity (Wildman–Crippen MR) is 260 cm³/mol. The highest BCUT2D eigenvalue weighted by Crippen LogP contribution is 2.44. The molecule has 6 heteroatoms. The first-order valence-corrected chi connectivity index (χ1v) is 21.3. The molecule has 0 saturated carbocycles. The second kappa shape index (κ2) is 15.2. The van der Waals surface area contributed by atoms with Gasteiger partial charge in [0.2, 0.25) is 0 Å². The molecule has 64 heavy (non-hydrogen) atoms. The van der Waals surface area contributed by atoms with Gasteiger partial charge in [0.15, 0.2) is 17.5 Å². The molecule has 9 aromatic carbocycles. The van der Waals surface area contributed by atoms with Crippen LogP contribution in [0.1, 0.15) is 5.56 Å². The summed E-state index contributed by atoms with van der Waals surface area (Å²) in [5, 5.41) is 15.3. The van der Waals surface area contributed by atoms with E-state index in [-0.39, 0.29) is 0 Å². The summed E-state index contributed by atoms with van der Waals surface area (Å²) in [6.45, 7) is 0. The van der Waals surface area contributed by atoms with E-state index >= 15 is 0 Å². The van der Waals surface area contributed by atoms with Crippen LogP contribution in [0.2, 0.25) is 0 Å². The van der Waals surface area contributed by atoms with Crippen LogP contribution in [0.3, 0.4) is 0 Å². The maximum Gasteiger partial charge on any atom is 0.164 e. The fraction of sp³-hybridized carbons (Fsp3) is 0. The predicted octanol–water partition coefficient (Wildman–Crippen LogP) is 14.3. The summed E-state index contributed by atoms with van der Waals surface area (Å²) in [6.07, 6.45) is 0. The van der Waals surface area contributed by atoms with Gasteiger partial charge in [0.05, 0.1) is 33.7 Å². The monoisotopic (exact) mass is 816 g/mol. The highest BCUT2D eigenvalue weighted by atomic mass is 15.0. The van der Waals surface area contributed by atoms with E-state index in [1.807, 2.05) is 91.0 Å². The Labute approximate surface area is 369 Å². The summed E-state index contributed by atoms with van der Waals surface area (Å²) in [4.78, 5) is 15.3. The van der Waals surface area contributed by atoms with Crippen LogP contribution in [0.15, 0.2) is 218 Å². The van der Waals surface area contributed by atoms with Crippen molar-refractivity contribution >= 4 is 43.6 Å². The average molecular weight is 817 g/mol. The largest absolute Gasteiger partial charge is 0.309 e. The first-order chi connectivity index (χ1) is 31.7. The van der Waals surface area contributed by atoms with Gasteiger partial charge in [-0.2, -0.15) is 5.26 Å². The third-order valence-corrected chi connectivity index (χ3v) is 12.2. The van der Waals surface area contributed by atoms with E-state index in [1.165, 1.54) is 32.6 Å². The minimum absolute atomic E-state index is 0.487. The summed E-state index contributed by atoms with van der Waals surface area (Å²) in [7, 11) is 0. The standard InChI is InChI=1S/C58H36N6/c59-37-38-35-48(39-17-5-1-6-18-39)53(49(36-38)58-61-56(41-19-7-2-8-20-41)60-57(62-58)42-21-9-3-10-22-42)40-29-31-44(32-30-40)63-51-28-16-14-26-47(51)54-52(63)34-33-46-45-25-13-15-27-50(45)64(55(46)54)43-23-11-4-12-24-43/h1-36H. The molecule has 0 atom stereocenters. The maximum atomic E-state index is 10.5. The van der Waals surface area contributed by atoms with Crippen LogP contribution >= 0.6 is 0 Å². The molecule has 12 aromatic rings. The molecule has 0 fully saturated rings. The van der Waals surface area contributed by atoms with E-state index in [2.05, 4.69) is 143 Å². The third kappa shape index (κ3) is 6.06. The molecule has 0 unspecified atom stereocenters. The van der Waals surface area contributed by atoms with Gasteiger partial charge in [-0.1, -0.05) is 164 Å². The molecular weight excluding hydrogens is 781 g/mol. The van der Waals surface area contributed by atoms with Gasteiger partial charge in [0.1, 0.15) is 0 Å². The molecule has 0 aliphatic rings. The molecule has 0 spiro atoms. The number of rotatable bonds is 7. The van der Waals surface area contributed by atoms with Crippen LogP contribution in [-0.4, -0.2) is 24.1 Å². The normalized spacial score (nSPS) is 11.4. The number of aromatic nitrogens is 5. The van der Waals surface area contributed by atoms with Gasteiger partial charge in [-0.05, 0) is 71.3 Å². The zero-order valence-electron chi connectivity index (χ0n) is 34.5. The SMILES string of the molecule is N#Cc1cc(-c2ccccc2)c(-c2ccc(-n3c4ccccc4c4c3ccc3c5ccccc5n(-c5ccccc5)c34)cc2)c(-c2nc(-c3ccccc3)nc(-c3ccccc3)n2)c1. The summed E-state index contributed by atoms with van der Waals surface area (Å²) in [6, 6.07) is 77.9. The number of para-hydroxylation sites is 3. The molecule has 0 bridgehead atoms. The van der Waals surface area contributed by atoms with Crippen molar-refractivity contribution in [3.63, 3.8) is 0 Å². The van der Waals surface area contributed by atoms with Gasteiger partial charge in [0.25, 0.3) is 0 Å². The number of hydrogen-bond donors (Lipinski definition) is 0. The van der Waals surface area contributed by atoms with Crippen LogP contribution in [0, 0.1) is 11.3 Å². The Morgan fingerprint density at radius 1 is 0.359 bits per heavy atom. The lowest BCUT2D eigenvalue weighted by atomic mass is 9.88. The van der Waals surface area contributed by atoms with Crippen LogP contribution in [-0.2, 0) is 0 Å². The molecular formula is C58H36N6. The van der Waals surface area contributed by atoms with Gasteiger partial charge >= 0.3 is 0 Å². The highest BCUT2D eigenvalue weighted by Gasteiger charge is 2.23. The van der Waals surface area contributed by atoms with Crippen molar-refractivity contribution in [3.05, 3.63) is 224 Å². The molecule has 0 aliphatic heterocycles. The summed E-state index contributed by atoms with van der Waals surface area (Å²) in [5.74, 6) is 1.60. The van der Waals surface area contributed by atoms with Crippen LogP contribution in [0.25, 0.3) is 111 Å². The highest BCUT2D eigenvalue weighted by molar-refractivity contribution is 6.26. The Morgan fingerprint density at radius 3 is 1.48 bits per heavy atom. The average Bonchev–Trinajstić information content (AvgIpc) is 3.90. The molecule has 0 saturated heterocycles. The Kier molecular flexibility index (Phi) is 8.77. The smallest absolute Gasteiger partial charge is 0.164 e. The summed E-state index contributed by atoms with van der Waals surface area (Å²) >= 11 is 0. The number of nitriles is 1. The van der Waals surface area contributed by atoms with Crippen molar-refractivity contribution in [2.75, 3.05) is 0 Å². The lowest BCUT2D eigenvalue weighted by Crippen LogP contribution is -2.02. The van der Waals surface area contributed by atoms with Crippen LogP contribution in [0.4, 0.5) is 0 Å². The number of hydrogen-bond acceptors (Lipinski definition) is 4. The van der Waals surface area contributed by atoms with E-state index < -0.39 is 0 Å². The molecule has 0 amide bonds. The van der Waals surface area contributed by atoms with Crippen LogP contribution in [0.5, 0.6) is 0 Å². The summed E-state index contributed by atoms with van der Waals surface area (Å²) in [5.41, 5.74) is 13.6. The molecule has 12 rings (SSSR count). The zero-order chi connectivity index (χ0) is 42.6. The second-order valence-corrected chi connectivity index (χ2v) is 15.9. The minimum atomic E-state index is 0.487. The van der Waals surface area contributed by atoms with E-state index in [4.69, 9.17) is 15.0 Å². The molecule has 298 valence electrons. The first kappa shape index (κ1) is 36.9. The van der Waals surface area contributed by atoms with E-state index in [0.717, 1.165) is 61.4 Å². The van der Waals surface area contributed by atoms with Crippen molar-refractivity contribution in [2.45, 2.75) is 0 Å². The maximum absolute atomic E-state index is 10.5. The number of fused-ring (bicyclic) bond motifs is 7. The zero-order valence-corrected chi connectivity index (χ0v) is 34.5. The number of nitrogens with zero attached hydrogens (tertiary/aromatic N) is 6. The molecule has 0 aliphatic carbocycles. The van der Waals surface area contributed by atoms with E-state index in [9.17, 15) is 5.26 Å². The van der Waals surface area contributed by atoms with Gasteiger partial charge in [0, 0.05) is 55.2 Å². The van der Waals surface area contributed by atoms with E-state index in [0.29, 0.717) is 23.0 Å². The fourth-order valence-electron chi connectivity index (χ4n) is 9.38. The van der Waals surface area contributed by atoms with E-state index in [1.54, 1.807) is 0 Å². The van der Waals surface area contributed by atoms with Crippen molar-refractivity contribution in [3.8, 4) is 73.9 Å². The quantitative estimate of drug-likeness (QED) is 0.161. The molecule has 3 aromatic heterocycles. The van der Waals surface area contributed by atoms with Crippen molar-refractivity contribution in [1.82, 2.24) is 24.1 Å². The topological polar surface area (TPSA) is 72.3 Å². The Balaban J connectivity index is 1.09. The third-order valence-electron chi connectivity index (χ3n) is 12.2. The lowest BCUT2D eigenvalue weighted by molar-refractivity contribution is 1.07. The molecule has 3 heterocycles. The van der Waals surface area contributed by atoms with Crippen molar-refractivity contribution < 1.29 is 0 Å². The second-order valence-electron chi connectivity index (χ2n) is 15.9. The lowest BCUT2D eigenvalue weighted by Gasteiger charge is -2.18.